The zero-order valence-corrected chi connectivity index (χ0v) is 15.1. The van der Waals surface area contributed by atoms with Crippen LogP contribution in [-0.2, 0) is 18.3 Å². The highest BCUT2D eigenvalue weighted by Gasteiger charge is 2.54. The molecule has 1 aromatic rings. The molecule has 1 aromatic heterocycles. The molecule has 4 atom stereocenters. The SMILES string of the molecule is COP(=O)(/C=C/[C@@]1(CCl)O[C@@H](n2ccc(N)nc2=O)[C@H](F)[C@@H]1O)OC. The minimum absolute atomic E-state index is 0.0418. The van der Waals surface area contributed by atoms with Crippen LogP contribution in [0.3, 0.4) is 0 Å². The number of anilines is 1. The van der Waals surface area contributed by atoms with Gasteiger partial charge < -0.3 is 24.6 Å². The second-order valence-electron chi connectivity index (χ2n) is 5.25. The number of alkyl halides is 2. The summed E-state index contributed by atoms with van der Waals surface area (Å²) in [5.74, 6) is 0.587. The summed E-state index contributed by atoms with van der Waals surface area (Å²) in [5.41, 5.74) is 2.79. The summed E-state index contributed by atoms with van der Waals surface area (Å²) >= 11 is 5.86. The minimum atomic E-state index is -3.59. The van der Waals surface area contributed by atoms with E-state index in [2.05, 4.69) is 4.98 Å². The molecule has 1 aliphatic rings. The molecule has 0 spiro atoms. The number of nitrogen functional groups attached to an aromatic ring is 1. The zero-order chi connectivity index (χ0) is 18.8. The zero-order valence-electron chi connectivity index (χ0n) is 13.4. The number of aliphatic hydroxyl groups is 1. The Balaban J connectivity index is 2.40. The van der Waals surface area contributed by atoms with Gasteiger partial charge in [-0.25, -0.2) is 9.18 Å². The van der Waals surface area contributed by atoms with Gasteiger partial charge in [-0.15, -0.1) is 11.6 Å². The van der Waals surface area contributed by atoms with E-state index in [1.165, 1.54) is 12.3 Å². The fourth-order valence-corrected chi connectivity index (χ4v) is 3.46. The number of hydrogen-bond donors (Lipinski definition) is 2. The summed E-state index contributed by atoms with van der Waals surface area (Å²) in [6.07, 6.45) is -2.93. The Morgan fingerprint density at radius 1 is 1.60 bits per heavy atom. The van der Waals surface area contributed by atoms with Crippen LogP contribution >= 0.6 is 19.2 Å². The van der Waals surface area contributed by atoms with Gasteiger partial charge in [0.25, 0.3) is 0 Å². The van der Waals surface area contributed by atoms with Crippen molar-refractivity contribution in [2.75, 3.05) is 25.8 Å². The van der Waals surface area contributed by atoms with E-state index < -0.39 is 37.4 Å². The van der Waals surface area contributed by atoms with Crippen molar-refractivity contribution in [3.63, 3.8) is 0 Å². The monoisotopic (exact) mass is 397 g/mol. The van der Waals surface area contributed by atoms with Crippen molar-refractivity contribution in [2.45, 2.75) is 24.1 Å². The van der Waals surface area contributed by atoms with Crippen molar-refractivity contribution >= 4 is 25.0 Å². The molecule has 0 amide bonds. The number of aromatic nitrogens is 2. The maximum atomic E-state index is 14.6. The van der Waals surface area contributed by atoms with Gasteiger partial charge in [0.1, 0.15) is 17.5 Å². The molecule has 0 aromatic carbocycles. The van der Waals surface area contributed by atoms with Crippen molar-refractivity contribution in [3.8, 4) is 0 Å². The van der Waals surface area contributed by atoms with Gasteiger partial charge in [-0.3, -0.25) is 9.13 Å². The van der Waals surface area contributed by atoms with Gasteiger partial charge in [-0.2, -0.15) is 4.98 Å². The van der Waals surface area contributed by atoms with E-state index in [4.69, 9.17) is 31.1 Å². The molecule has 1 saturated heterocycles. The molecular weight excluding hydrogens is 380 g/mol. The third-order valence-electron chi connectivity index (χ3n) is 3.80. The summed E-state index contributed by atoms with van der Waals surface area (Å²) in [6, 6.07) is 1.28. The summed E-state index contributed by atoms with van der Waals surface area (Å²) in [5, 5.41) is 10.3. The molecule has 0 bridgehead atoms. The maximum absolute atomic E-state index is 14.6. The molecule has 25 heavy (non-hydrogen) atoms. The van der Waals surface area contributed by atoms with Crippen molar-refractivity contribution in [2.24, 2.45) is 0 Å². The summed E-state index contributed by atoms with van der Waals surface area (Å²) < 4.78 is 42.5. The number of nitrogens with zero attached hydrogens (tertiary/aromatic N) is 2. The Labute approximate surface area is 147 Å². The quantitative estimate of drug-likeness (QED) is 0.538. The van der Waals surface area contributed by atoms with Crippen LogP contribution in [0.4, 0.5) is 10.2 Å². The fraction of sp³-hybridized carbons (Fsp3) is 0.538. The molecule has 9 nitrogen and oxygen atoms in total. The van der Waals surface area contributed by atoms with E-state index in [0.29, 0.717) is 0 Å². The number of ether oxygens (including phenoxy) is 1. The topological polar surface area (TPSA) is 126 Å². The van der Waals surface area contributed by atoms with Gasteiger partial charge in [0, 0.05) is 26.2 Å². The largest absolute Gasteiger partial charge is 0.386 e. The first-order valence-electron chi connectivity index (χ1n) is 7.04. The third kappa shape index (κ3) is 3.79. The van der Waals surface area contributed by atoms with Crippen molar-refractivity contribution < 1.29 is 27.8 Å². The molecule has 0 radical (unpaired) electrons. The lowest BCUT2D eigenvalue weighted by molar-refractivity contribution is -0.0608. The molecule has 0 unspecified atom stereocenters. The molecule has 1 fully saturated rings. The third-order valence-corrected chi connectivity index (χ3v) is 5.75. The highest BCUT2D eigenvalue weighted by atomic mass is 35.5. The smallest absolute Gasteiger partial charge is 0.353 e. The van der Waals surface area contributed by atoms with Gasteiger partial charge >= 0.3 is 13.3 Å². The number of nitrogens with two attached hydrogens (primary N) is 1. The van der Waals surface area contributed by atoms with E-state index in [1.54, 1.807) is 0 Å². The van der Waals surface area contributed by atoms with E-state index in [1.807, 2.05) is 0 Å². The molecule has 0 aliphatic carbocycles. The Kier molecular flexibility index (Phi) is 6.03. The first-order chi connectivity index (χ1) is 11.7. The Hall–Kier alpha value is -1.29. The Bertz CT molecular complexity index is 754. The van der Waals surface area contributed by atoms with Crippen LogP contribution in [0.5, 0.6) is 0 Å². The molecule has 2 heterocycles. The fourth-order valence-electron chi connectivity index (χ4n) is 2.32. The lowest BCUT2D eigenvalue weighted by Gasteiger charge is -2.26. The van der Waals surface area contributed by atoms with E-state index >= 15 is 0 Å². The average molecular weight is 398 g/mol. The first kappa shape index (κ1) is 20.0. The van der Waals surface area contributed by atoms with Crippen LogP contribution in [-0.4, -0.2) is 52.6 Å². The maximum Gasteiger partial charge on any atom is 0.353 e. The van der Waals surface area contributed by atoms with Crippen molar-refractivity contribution in [1.82, 2.24) is 9.55 Å². The van der Waals surface area contributed by atoms with E-state index in [0.717, 1.165) is 30.7 Å². The minimum Gasteiger partial charge on any atom is -0.386 e. The second kappa shape index (κ2) is 7.53. The van der Waals surface area contributed by atoms with E-state index in [-0.39, 0.29) is 11.7 Å². The highest BCUT2D eigenvalue weighted by molar-refractivity contribution is 7.57. The predicted molar refractivity (Wildman–Crippen MR) is 88.1 cm³/mol. The lowest BCUT2D eigenvalue weighted by Crippen LogP contribution is -2.42. The Morgan fingerprint density at radius 2 is 2.24 bits per heavy atom. The van der Waals surface area contributed by atoms with Crippen molar-refractivity contribution in [1.29, 1.82) is 0 Å². The van der Waals surface area contributed by atoms with Gasteiger partial charge in [0.15, 0.2) is 12.4 Å². The van der Waals surface area contributed by atoms with Crippen LogP contribution in [0.2, 0.25) is 0 Å². The number of hydrogen-bond acceptors (Lipinski definition) is 8. The average Bonchev–Trinajstić information content (AvgIpc) is 2.85. The van der Waals surface area contributed by atoms with Crippen LogP contribution < -0.4 is 11.4 Å². The van der Waals surface area contributed by atoms with Gasteiger partial charge in [0.2, 0.25) is 0 Å². The second-order valence-corrected chi connectivity index (χ2v) is 7.62. The molecular formula is C13H18ClFN3O6P. The molecule has 1 aliphatic heterocycles. The summed E-state index contributed by atoms with van der Waals surface area (Å²) in [6.45, 7) is 0. The van der Waals surface area contributed by atoms with Crippen LogP contribution in [0.1, 0.15) is 6.23 Å². The molecule has 0 saturated carbocycles. The number of halogens is 2. The predicted octanol–water partition coefficient (Wildman–Crippen LogP) is 1.03. The highest BCUT2D eigenvalue weighted by Crippen LogP contribution is 2.50. The van der Waals surface area contributed by atoms with Gasteiger partial charge in [0.05, 0.1) is 5.88 Å². The molecule has 2 rings (SSSR count). The first-order valence-corrected chi connectivity index (χ1v) is 9.19. The number of rotatable bonds is 6. The van der Waals surface area contributed by atoms with Crippen LogP contribution in [0.15, 0.2) is 29.0 Å². The standard InChI is InChI=1S/C13H18ClFN3O6P/c1-22-25(21,23-2)6-4-13(7-14)10(19)9(15)11(24-13)18-5-3-8(16)17-12(18)20/h3-6,9-11,19H,7H2,1-2H3,(H2,16,17,20)/b6-4+/t9-,10+,11-,13+/m1/s1. The molecule has 3 N–H and O–H groups in total. The molecule has 140 valence electrons. The Morgan fingerprint density at radius 3 is 2.76 bits per heavy atom. The van der Waals surface area contributed by atoms with Crippen molar-refractivity contribution in [3.05, 3.63) is 34.6 Å². The van der Waals surface area contributed by atoms with Crippen LogP contribution in [0, 0.1) is 0 Å². The van der Waals surface area contributed by atoms with Gasteiger partial charge in [-0.05, 0) is 12.1 Å². The molecule has 12 heteroatoms. The lowest BCUT2D eigenvalue weighted by atomic mass is 9.98. The van der Waals surface area contributed by atoms with Crippen LogP contribution in [0.25, 0.3) is 0 Å². The van der Waals surface area contributed by atoms with Gasteiger partial charge in [-0.1, -0.05) is 0 Å². The number of aliphatic hydroxyl groups excluding tert-OH is 1. The summed E-state index contributed by atoms with van der Waals surface area (Å²) in [7, 11) is -1.27. The normalized spacial score (nSPS) is 30.2. The summed E-state index contributed by atoms with van der Waals surface area (Å²) in [4.78, 5) is 15.4. The van der Waals surface area contributed by atoms with E-state index in [9.17, 15) is 18.9 Å².